The standard InChI is InChI=1S/C22H35OP/c1-3-5-7-9-11-12-13-14-15-17-19-21-22(23-24)20-18-16-10-8-6-4-2/h6-9,12-13,15-19,21-22H,3-5,10-11,14,20,24H2,1-2H3/b8-6-,9-7-,13-12-,17-15-,18-16-,21-19-. The van der Waals surface area contributed by atoms with E-state index in [1.807, 2.05) is 0 Å². The van der Waals surface area contributed by atoms with E-state index in [0.29, 0.717) is 0 Å². The lowest BCUT2D eigenvalue weighted by Gasteiger charge is -2.06. The van der Waals surface area contributed by atoms with Gasteiger partial charge in [0.15, 0.2) is 0 Å². The summed E-state index contributed by atoms with van der Waals surface area (Å²) in [4.78, 5) is 0. The summed E-state index contributed by atoms with van der Waals surface area (Å²) in [5, 5.41) is 0. The Morgan fingerprint density at radius 2 is 1.38 bits per heavy atom. The van der Waals surface area contributed by atoms with Crippen LogP contribution in [0.25, 0.3) is 0 Å². The van der Waals surface area contributed by atoms with Crippen molar-refractivity contribution in [1.29, 1.82) is 0 Å². The normalized spacial score (nSPS) is 14.6. The number of unbranched alkanes of at least 4 members (excludes halogenated alkanes) is 1. The molecule has 0 heterocycles. The first-order chi connectivity index (χ1) is 11.8. The van der Waals surface area contributed by atoms with E-state index in [4.69, 9.17) is 4.52 Å². The predicted molar refractivity (Wildman–Crippen MR) is 113 cm³/mol. The summed E-state index contributed by atoms with van der Waals surface area (Å²) in [5.74, 6) is 0. The molecule has 0 aromatic carbocycles. The van der Waals surface area contributed by atoms with Crippen LogP contribution in [0.2, 0.25) is 0 Å². The minimum absolute atomic E-state index is 0.116. The Balaban J connectivity index is 3.87. The maximum atomic E-state index is 5.37. The van der Waals surface area contributed by atoms with E-state index in [0.717, 1.165) is 32.1 Å². The van der Waals surface area contributed by atoms with Crippen LogP contribution in [0.1, 0.15) is 58.8 Å². The molecule has 0 aromatic heterocycles. The highest BCUT2D eigenvalue weighted by atomic mass is 31.0. The lowest BCUT2D eigenvalue weighted by molar-refractivity contribution is 0.298. The Labute approximate surface area is 152 Å². The minimum atomic E-state index is 0.116. The van der Waals surface area contributed by atoms with E-state index in [-0.39, 0.29) is 6.10 Å². The van der Waals surface area contributed by atoms with E-state index in [1.165, 1.54) is 12.8 Å². The van der Waals surface area contributed by atoms with Crippen molar-refractivity contribution in [2.45, 2.75) is 64.9 Å². The molecule has 0 N–H and O–H groups in total. The van der Waals surface area contributed by atoms with Gasteiger partial charge in [0.2, 0.25) is 0 Å². The lowest BCUT2D eigenvalue weighted by Crippen LogP contribution is -2.00. The molecular formula is C22H35OP. The van der Waals surface area contributed by atoms with Gasteiger partial charge in [-0.25, -0.2) is 0 Å². The van der Waals surface area contributed by atoms with Crippen molar-refractivity contribution in [3.63, 3.8) is 0 Å². The highest BCUT2D eigenvalue weighted by Crippen LogP contribution is 2.07. The van der Waals surface area contributed by atoms with Crippen molar-refractivity contribution in [2.24, 2.45) is 0 Å². The molecule has 0 rings (SSSR count). The Morgan fingerprint density at radius 1 is 0.750 bits per heavy atom. The first-order valence-electron chi connectivity index (χ1n) is 9.13. The second-order valence-electron chi connectivity index (χ2n) is 5.51. The summed E-state index contributed by atoms with van der Waals surface area (Å²) >= 11 is 0. The molecule has 0 spiro atoms. The van der Waals surface area contributed by atoms with Gasteiger partial charge in [0.25, 0.3) is 0 Å². The highest BCUT2D eigenvalue weighted by Gasteiger charge is 1.97. The van der Waals surface area contributed by atoms with E-state index in [9.17, 15) is 0 Å². The smallest absolute Gasteiger partial charge is 0.0828 e. The van der Waals surface area contributed by atoms with Crippen LogP contribution in [0.5, 0.6) is 0 Å². The first-order valence-corrected chi connectivity index (χ1v) is 9.61. The maximum absolute atomic E-state index is 5.37. The summed E-state index contributed by atoms with van der Waals surface area (Å²) in [6.45, 7) is 4.35. The third-order valence-electron chi connectivity index (χ3n) is 3.29. The SMILES string of the molecule is CC/C=C\C/C=C\CC(/C=C\C=C/C/C=C\C/C=C\CCC)OP. The zero-order valence-electron chi connectivity index (χ0n) is 15.4. The fourth-order valence-corrected chi connectivity index (χ4v) is 2.12. The monoisotopic (exact) mass is 346 g/mol. The minimum Gasteiger partial charge on any atom is -0.358 e. The van der Waals surface area contributed by atoms with E-state index < -0.39 is 0 Å². The maximum Gasteiger partial charge on any atom is 0.0828 e. The van der Waals surface area contributed by atoms with Gasteiger partial charge in [0.05, 0.1) is 6.10 Å². The molecule has 0 bridgehead atoms. The van der Waals surface area contributed by atoms with E-state index in [1.54, 1.807) is 0 Å². The molecule has 0 aliphatic heterocycles. The van der Waals surface area contributed by atoms with Crippen LogP contribution in [0.3, 0.4) is 0 Å². The summed E-state index contributed by atoms with van der Waals surface area (Å²) in [7, 11) is 2.36. The third kappa shape index (κ3) is 17.2. The Bertz CT molecular complexity index is 427. The molecule has 2 atom stereocenters. The molecule has 0 aliphatic rings. The molecule has 2 heteroatoms. The quantitative estimate of drug-likeness (QED) is 0.182. The third-order valence-corrected chi connectivity index (χ3v) is 3.64. The average molecular weight is 346 g/mol. The number of allylic oxidation sites excluding steroid dienone is 10. The van der Waals surface area contributed by atoms with Crippen LogP contribution in [0, 0.1) is 0 Å². The van der Waals surface area contributed by atoms with Crippen LogP contribution >= 0.6 is 9.47 Å². The Hall–Kier alpha value is -1.17. The van der Waals surface area contributed by atoms with Gasteiger partial charge in [-0.05, 0) is 38.5 Å². The highest BCUT2D eigenvalue weighted by molar-refractivity contribution is 7.09. The van der Waals surface area contributed by atoms with Gasteiger partial charge >= 0.3 is 0 Å². The molecular weight excluding hydrogens is 311 g/mol. The molecule has 0 aromatic rings. The molecule has 0 aliphatic carbocycles. The fraction of sp³-hybridized carbons (Fsp3) is 0.455. The summed E-state index contributed by atoms with van der Waals surface area (Å²) in [5.41, 5.74) is 0. The van der Waals surface area contributed by atoms with Crippen LogP contribution in [-0.2, 0) is 4.52 Å². The fourth-order valence-electron chi connectivity index (χ4n) is 1.92. The molecule has 0 fully saturated rings. The second-order valence-corrected chi connectivity index (χ2v) is 5.79. The van der Waals surface area contributed by atoms with Gasteiger partial charge in [0, 0.05) is 9.47 Å². The topological polar surface area (TPSA) is 9.23 Å². The number of hydrogen-bond donors (Lipinski definition) is 0. The second kappa shape index (κ2) is 19.9. The zero-order valence-corrected chi connectivity index (χ0v) is 16.6. The molecule has 2 unspecified atom stereocenters. The molecule has 0 saturated carbocycles. The Morgan fingerprint density at radius 3 is 2.04 bits per heavy atom. The largest absolute Gasteiger partial charge is 0.358 e. The molecule has 0 saturated heterocycles. The lowest BCUT2D eigenvalue weighted by atomic mass is 10.2. The molecule has 0 radical (unpaired) electrons. The molecule has 134 valence electrons. The van der Waals surface area contributed by atoms with Crippen molar-refractivity contribution < 1.29 is 4.52 Å². The van der Waals surface area contributed by atoms with Crippen molar-refractivity contribution in [3.8, 4) is 0 Å². The van der Waals surface area contributed by atoms with Crippen molar-refractivity contribution >= 4 is 9.47 Å². The number of rotatable bonds is 14. The van der Waals surface area contributed by atoms with Crippen LogP contribution < -0.4 is 0 Å². The molecule has 1 nitrogen and oxygen atoms in total. The average Bonchev–Trinajstić information content (AvgIpc) is 2.60. The van der Waals surface area contributed by atoms with Crippen molar-refractivity contribution in [3.05, 3.63) is 72.9 Å². The first kappa shape index (κ1) is 22.8. The van der Waals surface area contributed by atoms with Gasteiger partial charge < -0.3 is 4.52 Å². The van der Waals surface area contributed by atoms with Gasteiger partial charge in [-0.2, -0.15) is 0 Å². The van der Waals surface area contributed by atoms with Gasteiger partial charge in [0.1, 0.15) is 0 Å². The van der Waals surface area contributed by atoms with Gasteiger partial charge in [-0.1, -0.05) is 93.2 Å². The van der Waals surface area contributed by atoms with E-state index in [2.05, 4.69) is 96.2 Å². The summed E-state index contributed by atoms with van der Waals surface area (Å²) < 4.78 is 5.37. The summed E-state index contributed by atoms with van der Waals surface area (Å²) in [6.07, 6.45) is 33.6. The van der Waals surface area contributed by atoms with Crippen LogP contribution in [0.15, 0.2) is 72.9 Å². The van der Waals surface area contributed by atoms with Crippen molar-refractivity contribution in [1.82, 2.24) is 0 Å². The van der Waals surface area contributed by atoms with Gasteiger partial charge in [-0.3, -0.25) is 0 Å². The van der Waals surface area contributed by atoms with E-state index >= 15 is 0 Å². The number of hydrogen-bond acceptors (Lipinski definition) is 1. The van der Waals surface area contributed by atoms with Crippen LogP contribution in [-0.4, -0.2) is 6.10 Å². The molecule has 0 amide bonds. The van der Waals surface area contributed by atoms with Crippen LogP contribution in [0.4, 0.5) is 0 Å². The molecule has 24 heavy (non-hydrogen) atoms. The summed E-state index contributed by atoms with van der Waals surface area (Å²) in [6, 6.07) is 0. The zero-order chi connectivity index (χ0) is 17.7. The Kier molecular flexibility index (Phi) is 18.9. The van der Waals surface area contributed by atoms with Crippen molar-refractivity contribution in [2.75, 3.05) is 0 Å². The predicted octanol–water partition coefficient (Wildman–Crippen LogP) is 7.27. The van der Waals surface area contributed by atoms with Gasteiger partial charge in [-0.15, -0.1) is 0 Å².